The molecular formula is C36H39BO2. The molecule has 4 aromatic rings. The Bertz CT molecular complexity index is 1490. The van der Waals surface area contributed by atoms with Gasteiger partial charge in [-0.15, -0.1) is 0 Å². The Morgan fingerprint density at radius 3 is 1.49 bits per heavy atom. The second-order valence-corrected chi connectivity index (χ2v) is 14.2. The zero-order valence-electron chi connectivity index (χ0n) is 23.8. The van der Waals surface area contributed by atoms with Gasteiger partial charge in [-0.2, -0.15) is 0 Å². The van der Waals surface area contributed by atoms with Crippen molar-refractivity contribution in [3.05, 3.63) is 78.4 Å². The average Bonchev–Trinajstić information content (AvgIpc) is 3.12. The van der Waals surface area contributed by atoms with Crippen LogP contribution in [0.4, 0.5) is 0 Å². The van der Waals surface area contributed by atoms with Gasteiger partial charge in [0, 0.05) is 0 Å². The number of rotatable bonds is 3. The van der Waals surface area contributed by atoms with Crippen LogP contribution in [0.3, 0.4) is 0 Å². The van der Waals surface area contributed by atoms with Crippen LogP contribution >= 0.6 is 0 Å². The van der Waals surface area contributed by atoms with Crippen molar-refractivity contribution in [1.82, 2.24) is 0 Å². The van der Waals surface area contributed by atoms with E-state index < -0.39 is 7.12 Å². The van der Waals surface area contributed by atoms with Crippen LogP contribution in [0.2, 0.25) is 0 Å². The Kier molecular flexibility index (Phi) is 5.10. The molecule has 39 heavy (non-hydrogen) atoms. The minimum absolute atomic E-state index is 0.383. The lowest BCUT2D eigenvalue weighted by Crippen LogP contribution is -2.48. The topological polar surface area (TPSA) is 18.5 Å². The fourth-order valence-electron chi connectivity index (χ4n) is 9.14. The molecule has 0 radical (unpaired) electrons. The smallest absolute Gasteiger partial charge is 0.399 e. The van der Waals surface area contributed by atoms with Crippen molar-refractivity contribution in [3.8, 4) is 11.1 Å². The van der Waals surface area contributed by atoms with Crippen molar-refractivity contribution < 1.29 is 9.31 Å². The van der Waals surface area contributed by atoms with Gasteiger partial charge < -0.3 is 9.31 Å². The lowest BCUT2D eigenvalue weighted by Gasteiger charge is -2.57. The molecule has 0 aromatic heterocycles. The zero-order valence-corrected chi connectivity index (χ0v) is 23.8. The Morgan fingerprint density at radius 1 is 0.590 bits per heavy atom. The Hall–Kier alpha value is -2.62. The number of hydrogen-bond acceptors (Lipinski definition) is 2. The van der Waals surface area contributed by atoms with E-state index >= 15 is 0 Å². The predicted octanol–water partition coefficient (Wildman–Crippen LogP) is 8.43. The quantitative estimate of drug-likeness (QED) is 0.202. The highest BCUT2D eigenvalue weighted by Crippen LogP contribution is 2.60. The highest BCUT2D eigenvalue weighted by atomic mass is 16.7. The van der Waals surface area contributed by atoms with Crippen molar-refractivity contribution in [1.29, 1.82) is 0 Å². The molecule has 0 atom stereocenters. The number of fused-ring (bicyclic) bond motifs is 2. The summed E-state index contributed by atoms with van der Waals surface area (Å²) in [6, 6.07) is 27.5. The molecule has 0 amide bonds. The maximum Gasteiger partial charge on any atom is 0.496 e. The first-order valence-corrected chi connectivity index (χ1v) is 15.1. The van der Waals surface area contributed by atoms with Crippen molar-refractivity contribution in [3.63, 3.8) is 0 Å². The molecule has 4 bridgehead atoms. The molecule has 5 aliphatic rings. The van der Waals surface area contributed by atoms with Crippen LogP contribution in [-0.2, 0) is 14.7 Å². The lowest BCUT2D eigenvalue weighted by atomic mass is 9.48. The van der Waals surface area contributed by atoms with Crippen molar-refractivity contribution in [2.45, 2.75) is 82.8 Å². The van der Waals surface area contributed by atoms with E-state index in [9.17, 15) is 0 Å². The predicted molar refractivity (Wildman–Crippen MR) is 162 cm³/mol. The summed E-state index contributed by atoms with van der Waals surface area (Å²) >= 11 is 0. The van der Waals surface area contributed by atoms with Crippen LogP contribution in [0.15, 0.2) is 72.8 Å². The molecule has 1 heterocycles. The van der Waals surface area contributed by atoms with E-state index in [1.165, 1.54) is 71.2 Å². The van der Waals surface area contributed by atoms with E-state index in [4.69, 9.17) is 9.31 Å². The fraction of sp³-hybridized carbons (Fsp3) is 0.444. The molecule has 0 N–H and O–H groups in total. The first kappa shape index (κ1) is 24.2. The molecule has 0 unspecified atom stereocenters. The third-order valence-electron chi connectivity index (χ3n) is 11.3. The van der Waals surface area contributed by atoms with Crippen LogP contribution in [-0.4, -0.2) is 18.3 Å². The van der Waals surface area contributed by atoms with Gasteiger partial charge in [-0.25, -0.2) is 0 Å². The minimum Gasteiger partial charge on any atom is -0.399 e. The van der Waals surface area contributed by atoms with E-state index in [0.717, 1.165) is 23.2 Å². The zero-order chi connectivity index (χ0) is 26.6. The molecule has 4 saturated carbocycles. The van der Waals surface area contributed by atoms with Gasteiger partial charge in [0.05, 0.1) is 11.2 Å². The van der Waals surface area contributed by atoms with Crippen molar-refractivity contribution in [2.24, 2.45) is 17.8 Å². The van der Waals surface area contributed by atoms with Gasteiger partial charge in [-0.1, -0.05) is 72.8 Å². The fourth-order valence-corrected chi connectivity index (χ4v) is 9.14. The molecule has 1 saturated heterocycles. The molecule has 5 fully saturated rings. The molecule has 3 heteroatoms. The van der Waals surface area contributed by atoms with Gasteiger partial charge in [-0.3, -0.25) is 0 Å². The molecule has 198 valence electrons. The van der Waals surface area contributed by atoms with Gasteiger partial charge in [0.2, 0.25) is 0 Å². The van der Waals surface area contributed by atoms with Gasteiger partial charge in [-0.05, 0) is 133 Å². The molecule has 9 rings (SSSR count). The number of hydrogen-bond donors (Lipinski definition) is 0. The summed E-state index contributed by atoms with van der Waals surface area (Å²) in [5.74, 6) is 2.89. The SMILES string of the molecule is CC1(C)OB(c2c3ccccc3c(-c3ccc(C45CC6CC(CC(C6)C4)C5)cc3)c3ccccc23)OC1(C)C. The Morgan fingerprint density at radius 2 is 1.03 bits per heavy atom. The largest absolute Gasteiger partial charge is 0.496 e. The molecule has 4 aliphatic carbocycles. The van der Waals surface area contributed by atoms with Gasteiger partial charge in [0.1, 0.15) is 0 Å². The molecule has 2 nitrogen and oxygen atoms in total. The maximum atomic E-state index is 6.62. The summed E-state index contributed by atoms with van der Waals surface area (Å²) in [7, 11) is -0.405. The van der Waals surface area contributed by atoms with Gasteiger partial charge in [0.15, 0.2) is 0 Å². The van der Waals surface area contributed by atoms with Crippen LogP contribution in [0.25, 0.3) is 32.7 Å². The van der Waals surface area contributed by atoms with Crippen LogP contribution in [0.5, 0.6) is 0 Å². The Labute approximate surface area is 233 Å². The third kappa shape index (κ3) is 3.55. The second kappa shape index (κ2) is 8.21. The third-order valence-corrected chi connectivity index (χ3v) is 11.3. The van der Waals surface area contributed by atoms with Crippen molar-refractivity contribution in [2.75, 3.05) is 0 Å². The lowest BCUT2D eigenvalue weighted by molar-refractivity contribution is -0.00518. The highest BCUT2D eigenvalue weighted by Gasteiger charge is 2.53. The Balaban J connectivity index is 1.28. The number of benzene rings is 4. The summed E-state index contributed by atoms with van der Waals surface area (Å²) in [6.07, 6.45) is 8.70. The average molecular weight is 515 g/mol. The summed E-state index contributed by atoms with van der Waals surface area (Å²) in [4.78, 5) is 0. The monoisotopic (exact) mass is 514 g/mol. The first-order valence-electron chi connectivity index (χ1n) is 15.1. The van der Waals surface area contributed by atoms with E-state index in [1.807, 2.05) is 0 Å². The minimum atomic E-state index is -0.405. The summed E-state index contributed by atoms with van der Waals surface area (Å²) in [5.41, 5.74) is 5.02. The second-order valence-electron chi connectivity index (χ2n) is 14.2. The highest BCUT2D eigenvalue weighted by molar-refractivity contribution is 6.68. The maximum absolute atomic E-state index is 6.62. The molecule has 0 spiro atoms. The first-order chi connectivity index (χ1) is 18.7. The van der Waals surface area contributed by atoms with E-state index in [1.54, 1.807) is 5.56 Å². The summed E-state index contributed by atoms with van der Waals surface area (Å²) in [6.45, 7) is 8.54. The van der Waals surface area contributed by atoms with Crippen LogP contribution < -0.4 is 5.46 Å². The van der Waals surface area contributed by atoms with Gasteiger partial charge >= 0.3 is 7.12 Å². The summed E-state index contributed by atoms with van der Waals surface area (Å²) in [5, 5.41) is 4.97. The van der Waals surface area contributed by atoms with E-state index in [-0.39, 0.29) is 11.2 Å². The van der Waals surface area contributed by atoms with E-state index in [2.05, 4.69) is 100 Å². The normalized spacial score (nSPS) is 30.5. The van der Waals surface area contributed by atoms with Crippen LogP contribution in [0, 0.1) is 17.8 Å². The molecule has 1 aliphatic heterocycles. The van der Waals surface area contributed by atoms with Crippen LogP contribution in [0.1, 0.15) is 71.8 Å². The van der Waals surface area contributed by atoms with E-state index in [0.29, 0.717) is 5.41 Å². The molecular weight excluding hydrogens is 475 g/mol. The summed E-state index contributed by atoms with van der Waals surface area (Å²) < 4.78 is 13.2. The van der Waals surface area contributed by atoms with Crippen molar-refractivity contribution >= 4 is 34.1 Å². The standard InChI is InChI=1S/C36H39BO2/c1-34(2)35(3,4)39-37(38-34)33-30-11-7-5-9-28(30)32(29-10-6-8-12-31(29)33)26-13-15-27(16-14-26)36-20-23-17-24(21-36)19-25(18-23)22-36/h5-16,23-25H,17-22H2,1-4H3. The van der Waals surface area contributed by atoms with Gasteiger partial charge in [0.25, 0.3) is 0 Å². The molecule has 4 aromatic carbocycles.